The smallest absolute Gasteiger partial charge is 0.326 e. The van der Waals surface area contributed by atoms with Crippen molar-refractivity contribution in [2.45, 2.75) is 25.3 Å². The van der Waals surface area contributed by atoms with Crippen LogP contribution in [0.15, 0.2) is 71.6 Å². The number of rotatable bonds is 9. The molecule has 9 nitrogen and oxygen atoms in total. The second-order valence-corrected chi connectivity index (χ2v) is 9.76. The minimum atomic E-state index is -4.05. The van der Waals surface area contributed by atoms with E-state index in [1.165, 1.54) is 12.1 Å². The van der Waals surface area contributed by atoms with Crippen LogP contribution in [-0.2, 0) is 26.2 Å². The summed E-state index contributed by atoms with van der Waals surface area (Å²) in [7, 11) is -4.05. The van der Waals surface area contributed by atoms with Crippen LogP contribution in [0.4, 0.5) is 5.69 Å². The number of nitrogens with one attached hydrogen (secondary N) is 1. The zero-order valence-electron chi connectivity index (χ0n) is 19.8. The van der Waals surface area contributed by atoms with Gasteiger partial charge in [0.15, 0.2) is 0 Å². The molecule has 0 radical (unpaired) electrons. The molecule has 1 aromatic heterocycles. The monoisotopic (exact) mass is 504 g/mol. The van der Waals surface area contributed by atoms with Crippen LogP contribution in [0.25, 0.3) is 11.0 Å². The lowest BCUT2D eigenvalue weighted by atomic mass is 10.2. The minimum Gasteiger partial charge on any atom is -0.486 e. The summed E-state index contributed by atoms with van der Waals surface area (Å²) in [5.74, 6) is 0.467. The van der Waals surface area contributed by atoms with E-state index in [1.807, 2.05) is 6.92 Å². The van der Waals surface area contributed by atoms with Gasteiger partial charge in [-0.15, -0.1) is 0 Å². The summed E-state index contributed by atoms with van der Waals surface area (Å²) >= 11 is 0. The number of sulfonamides is 1. The zero-order chi connectivity index (χ0) is 25.7. The Hall–Kier alpha value is -4.36. The second kappa shape index (κ2) is 10.5. The predicted octanol–water partition coefficient (Wildman–Crippen LogP) is 4.08. The van der Waals surface area contributed by atoms with Crippen LogP contribution < -0.4 is 9.04 Å². The fraction of sp³-hybridized carbons (Fsp3) is 0.192. The van der Waals surface area contributed by atoms with Crippen LogP contribution in [0.1, 0.15) is 23.9 Å². The number of ether oxygens (including phenoxy) is 2. The lowest BCUT2D eigenvalue weighted by Crippen LogP contribution is -2.36. The lowest BCUT2D eigenvalue weighted by Gasteiger charge is -2.24. The van der Waals surface area contributed by atoms with Crippen LogP contribution in [0.3, 0.4) is 0 Å². The first kappa shape index (κ1) is 24.8. The number of esters is 1. The Bertz CT molecular complexity index is 1520. The quantitative estimate of drug-likeness (QED) is 0.340. The fourth-order valence-electron chi connectivity index (χ4n) is 3.67. The standard InChI is InChI=1S/C26H24N4O5S/c1-3-34-25(31)16-30(36(32,33)22-7-5-4-6-8-22)20-13-18(2)26-23(14-20)28-24(29-26)17-35-21-11-9-19(15-27)10-12-21/h4-14H,3,16-17H2,1-2H3,(H,28,29). The number of aromatic amines is 1. The molecule has 0 aliphatic rings. The number of carbonyl (C=O) groups excluding carboxylic acids is 1. The molecule has 0 spiro atoms. The summed E-state index contributed by atoms with van der Waals surface area (Å²) in [6, 6.07) is 20.0. The van der Waals surface area contributed by atoms with Gasteiger partial charge in [-0.25, -0.2) is 13.4 Å². The van der Waals surface area contributed by atoms with E-state index in [-0.39, 0.29) is 18.1 Å². The van der Waals surface area contributed by atoms with E-state index in [0.717, 1.165) is 9.87 Å². The highest BCUT2D eigenvalue weighted by Gasteiger charge is 2.28. The highest BCUT2D eigenvalue weighted by molar-refractivity contribution is 7.92. The number of benzene rings is 3. The van der Waals surface area contributed by atoms with Crippen LogP contribution >= 0.6 is 0 Å². The molecule has 184 valence electrons. The van der Waals surface area contributed by atoms with Crippen molar-refractivity contribution in [1.82, 2.24) is 9.97 Å². The van der Waals surface area contributed by atoms with Crippen molar-refractivity contribution in [2.75, 3.05) is 17.5 Å². The molecule has 1 N–H and O–H groups in total. The van der Waals surface area contributed by atoms with Gasteiger partial charge in [0, 0.05) is 0 Å². The number of fused-ring (bicyclic) bond motifs is 1. The third-order valence-electron chi connectivity index (χ3n) is 5.37. The molecule has 0 bridgehead atoms. The van der Waals surface area contributed by atoms with Crippen molar-refractivity contribution in [1.29, 1.82) is 5.26 Å². The van der Waals surface area contributed by atoms with Crippen molar-refractivity contribution in [3.8, 4) is 11.8 Å². The van der Waals surface area contributed by atoms with E-state index in [4.69, 9.17) is 14.7 Å². The number of aryl methyl sites for hydroxylation is 1. The van der Waals surface area contributed by atoms with Crippen molar-refractivity contribution in [3.63, 3.8) is 0 Å². The van der Waals surface area contributed by atoms with Crippen molar-refractivity contribution >= 4 is 32.7 Å². The molecular formula is C26H24N4O5S. The molecule has 0 aliphatic carbocycles. The molecule has 1 heterocycles. The van der Waals surface area contributed by atoms with E-state index in [1.54, 1.807) is 61.5 Å². The average Bonchev–Trinajstić information content (AvgIpc) is 3.30. The summed E-state index contributed by atoms with van der Waals surface area (Å²) in [6.45, 7) is 3.29. The van der Waals surface area contributed by atoms with Crippen molar-refractivity contribution < 1.29 is 22.7 Å². The van der Waals surface area contributed by atoms with Gasteiger partial charge >= 0.3 is 5.97 Å². The number of H-pyrrole nitrogens is 1. The van der Waals surface area contributed by atoms with Crippen molar-refractivity contribution in [3.05, 3.63) is 83.7 Å². The number of nitriles is 1. The van der Waals surface area contributed by atoms with Gasteiger partial charge in [0.2, 0.25) is 0 Å². The number of hydrogen-bond donors (Lipinski definition) is 1. The van der Waals surface area contributed by atoms with Gasteiger partial charge in [-0.2, -0.15) is 5.26 Å². The molecule has 0 saturated heterocycles. The summed E-state index contributed by atoms with van der Waals surface area (Å²) in [5, 5.41) is 8.92. The zero-order valence-corrected chi connectivity index (χ0v) is 20.6. The first-order valence-electron chi connectivity index (χ1n) is 11.2. The summed E-state index contributed by atoms with van der Waals surface area (Å²) in [4.78, 5) is 20.1. The van der Waals surface area contributed by atoms with Gasteiger partial charge in [-0.3, -0.25) is 9.10 Å². The number of nitrogens with zero attached hydrogens (tertiary/aromatic N) is 3. The molecule has 36 heavy (non-hydrogen) atoms. The number of aromatic nitrogens is 2. The van der Waals surface area contributed by atoms with Gasteiger partial charge < -0.3 is 14.5 Å². The molecule has 0 amide bonds. The Balaban J connectivity index is 1.67. The number of anilines is 1. The lowest BCUT2D eigenvalue weighted by molar-refractivity contribution is -0.141. The van der Waals surface area contributed by atoms with Gasteiger partial charge in [0.25, 0.3) is 10.0 Å². The molecule has 10 heteroatoms. The maximum atomic E-state index is 13.5. The molecule has 4 aromatic rings. The number of hydrogen-bond acceptors (Lipinski definition) is 7. The Labute approximate surface area is 209 Å². The number of imidazole rings is 1. The summed E-state index contributed by atoms with van der Waals surface area (Å²) < 4.78 is 38.8. The Morgan fingerprint density at radius 3 is 2.50 bits per heavy atom. The maximum absolute atomic E-state index is 13.5. The van der Waals surface area contributed by atoms with Gasteiger partial charge in [0.05, 0.1) is 39.9 Å². The normalized spacial score (nSPS) is 11.1. The highest BCUT2D eigenvalue weighted by Crippen LogP contribution is 2.29. The average molecular weight is 505 g/mol. The summed E-state index contributed by atoms with van der Waals surface area (Å²) in [6.07, 6.45) is 0. The van der Waals surface area contributed by atoms with Crippen LogP contribution in [0, 0.1) is 18.3 Å². The molecule has 0 aliphatic heterocycles. The SMILES string of the molecule is CCOC(=O)CN(c1cc(C)c2nc(COc3ccc(C#N)cc3)[nH]c2c1)S(=O)(=O)c1ccccc1. The van der Waals surface area contributed by atoms with Crippen molar-refractivity contribution in [2.24, 2.45) is 0 Å². The summed E-state index contributed by atoms with van der Waals surface area (Å²) in [5.41, 5.74) is 2.82. The molecule has 0 unspecified atom stereocenters. The van der Waals surface area contributed by atoms with Gasteiger partial charge in [0.1, 0.15) is 24.7 Å². The predicted molar refractivity (Wildman–Crippen MR) is 134 cm³/mol. The van der Waals surface area contributed by atoms with Gasteiger partial charge in [-0.05, 0) is 67.9 Å². The molecular weight excluding hydrogens is 480 g/mol. The van der Waals surface area contributed by atoms with E-state index in [9.17, 15) is 13.2 Å². The Morgan fingerprint density at radius 1 is 1.11 bits per heavy atom. The second-order valence-electron chi connectivity index (χ2n) is 7.90. The highest BCUT2D eigenvalue weighted by atomic mass is 32.2. The van der Waals surface area contributed by atoms with Gasteiger partial charge in [-0.1, -0.05) is 18.2 Å². The van der Waals surface area contributed by atoms with Crippen LogP contribution in [-0.4, -0.2) is 37.5 Å². The number of carbonyl (C=O) groups is 1. The van der Waals surface area contributed by atoms with Crippen LogP contribution in [0.5, 0.6) is 5.75 Å². The third-order valence-corrected chi connectivity index (χ3v) is 7.16. The Kier molecular flexibility index (Phi) is 7.22. The minimum absolute atomic E-state index is 0.0631. The van der Waals surface area contributed by atoms with E-state index >= 15 is 0 Å². The molecule has 0 fully saturated rings. The third kappa shape index (κ3) is 5.31. The van der Waals surface area contributed by atoms with E-state index in [2.05, 4.69) is 16.0 Å². The molecule has 4 rings (SSSR count). The topological polar surface area (TPSA) is 125 Å². The Morgan fingerprint density at radius 2 is 1.83 bits per heavy atom. The fourth-order valence-corrected chi connectivity index (χ4v) is 5.08. The first-order valence-corrected chi connectivity index (χ1v) is 12.6. The maximum Gasteiger partial charge on any atom is 0.326 e. The molecule has 0 saturated carbocycles. The van der Waals surface area contributed by atoms with E-state index in [0.29, 0.717) is 33.9 Å². The van der Waals surface area contributed by atoms with E-state index < -0.39 is 22.5 Å². The largest absolute Gasteiger partial charge is 0.486 e. The first-order chi connectivity index (χ1) is 17.3. The van der Waals surface area contributed by atoms with Crippen LogP contribution in [0.2, 0.25) is 0 Å². The molecule has 3 aromatic carbocycles. The molecule has 0 atom stereocenters.